The highest BCUT2D eigenvalue weighted by Gasteiger charge is 2.33. The number of carboxylic acid groups (broad SMARTS) is 1. The number of carboxylic acids is 1. The average molecular weight is 311 g/mol. The first-order chi connectivity index (χ1) is 11.2. The number of hydrogen-bond acceptors (Lipinski definition) is 3. The van der Waals surface area contributed by atoms with Crippen molar-refractivity contribution in [3.63, 3.8) is 0 Å². The Hall–Kier alpha value is -2.66. The van der Waals surface area contributed by atoms with Gasteiger partial charge in [-0.05, 0) is 23.3 Å². The molecule has 3 rings (SSSR count). The zero-order chi connectivity index (χ0) is 16.2. The fraction of sp³-hybridized carbons (Fsp3) is 0.222. The van der Waals surface area contributed by atoms with Crippen LogP contribution in [0.5, 0.6) is 0 Å². The summed E-state index contributed by atoms with van der Waals surface area (Å²) in [6.45, 7) is 0.678. The van der Waals surface area contributed by atoms with Crippen LogP contribution in [-0.4, -0.2) is 47.7 Å². The number of carbonyl (C=O) groups excluding carboxylic acids is 1. The fourth-order valence-corrected chi connectivity index (χ4v) is 2.65. The van der Waals surface area contributed by atoms with Crippen LogP contribution in [0.25, 0.3) is 11.1 Å². The second kappa shape index (κ2) is 6.62. The molecule has 5 nitrogen and oxygen atoms in total. The van der Waals surface area contributed by atoms with Crippen molar-refractivity contribution in [2.45, 2.75) is 6.04 Å². The Morgan fingerprint density at radius 2 is 1.65 bits per heavy atom. The van der Waals surface area contributed by atoms with Crippen molar-refractivity contribution < 1.29 is 19.4 Å². The molecule has 23 heavy (non-hydrogen) atoms. The molecule has 0 radical (unpaired) electrons. The number of ether oxygens (including phenoxy) is 1. The molecule has 0 saturated carbocycles. The predicted molar refractivity (Wildman–Crippen MR) is 85.2 cm³/mol. The standard InChI is InChI=1S/C18H17NO4/c20-17(19-10-11-23-12-16(19)18(21)22)15-8-6-14(7-9-15)13-4-2-1-3-5-13/h1-9,16H,10-12H2,(H,21,22)/t16-/m0/s1. The summed E-state index contributed by atoms with van der Waals surface area (Å²) >= 11 is 0. The van der Waals surface area contributed by atoms with Crippen LogP contribution in [0.3, 0.4) is 0 Å². The number of aliphatic carboxylic acids is 1. The Morgan fingerprint density at radius 1 is 1.00 bits per heavy atom. The van der Waals surface area contributed by atoms with E-state index >= 15 is 0 Å². The Kier molecular flexibility index (Phi) is 4.39. The molecule has 5 heteroatoms. The van der Waals surface area contributed by atoms with E-state index in [0.717, 1.165) is 11.1 Å². The smallest absolute Gasteiger partial charge is 0.328 e. The van der Waals surface area contributed by atoms with E-state index in [4.69, 9.17) is 4.74 Å². The van der Waals surface area contributed by atoms with Gasteiger partial charge in [-0.1, -0.05) is 42.5 Å². The summed E-state index contributed by atoms with van der Waals surface area (Å²) in [5, 5.41) is 9.22. The summed E-state index contributed by atoms with van der Waals surface area (Å²) in [5.41, 5.74) is 2.57. The number of benzene rings is 2. The molecule has 1 amide bonds. The highest BCUT2D eigenvalue weighted by molar-refractivity contribution is 5.97. The monoisotopic (exact) mass is 311 g/mol. The van der Waals surface area contributed by atoms with E-state index in [1.807, 2.05) is 42.5 Å². The zero-order valence-corrected chi connectivity index (χ0v) is 12.5. The quantitative estimate of drug-likeness (QED) is 0.944. The van der Waals surface area contributed by atoms with Crippen LogP contribution in [0.1, 0.15) is 10.4 Å². The van der Waals surface area contributed by atoms with E-state index in [1.54, 1.807) is 12.1 Å². The van der Waals surface area contributed by atoms with Gasteiger partial charge in [-0.15, -0.1) is 0 Å². The van der Waals surface area contributed by atoms with Crippen LogP contribution in [-0.2, 0) is 9.53 Å². The minimum absolute atomic E-state index is 0.0309. The molecule has 2 aromatic rings. The van der Waals surface area contributed by atoms with Crippen LogP contribution < -0.4 is 0 Å². The summed E-state index contributed by atoms with van der Waals surface area (Å²) in [6, 6.07) is 16.2. The predicted octanol–water partition coefficient (Wildman–Crippen LogP) is 2.28. The van der Waals surface area contributed by atoms with Crippen molar-refractivity contribution in [3.8, 4) is 11.1 Å². The number of morpholine rings is 1. The van der Waals surface area contributed by atoms with Gasteiger partial charge in [-0.25, -0.2) is 4.79 Å². The fourth-order valence-electron chi connectivity index (χ4n) is 2.65. The third-order valence-electron chi connectivity index (χ3n) is 3.91. The van der Waals surface area contributed by atoms with Gasteiger partial charge in [0.25, 0.3) is 5.91 Å². The Morgan fingerprint density at radius 3 is 2.30 bits per heavy atom. The van der Waals surface area contributed by atoms with Crippen LogP contribution in [0.15, 0.2) is 54.6 Å². The molecule has 0 aliphatic carbocycles. The molecule has 2 aromatic carbocycles. The summed E-state index contributed by atoms with van der Waals surface area (Å²) in [6.07, 6.45) is 0. The topological polar surface area (TPSA) is 66.8 Å². The van der Waals surface area contributed by atoms with E-state index in [-0.39, 0.29) is 19.1 Å². The van der Waals surface area contributed by atoms with Gasteiger partial charge in [0.1, 0.15) is 0 Å². The molecule has 0 bridgehead atoms. The maximum absolute atomic E-state index is 12.6. The van der Waals surface area contributed by atoms with Gasteiger partial charge in [-0.3, -0.25) is 4.79 Å². The SMILES string of the molecule is O=C(O)[C@@H]1COCCN1C(=O)c1ccc(-c2ccccc2)cc1. The van der Waals surface area contributed by atoms with Crippen LogP contribution >= 0.6 is 0 Å². The van der Waals surface area contributed by atoms with Crippen LogP contribution in [0.2, 0.25) is 0 Å². The lowest BCUT2D eigenvalue weighted by atomic mass is 10.0. The molecule has 1 aliphatic heterocycles. The zero-order valence-electron chi connectivity index (χ0n) is 12.5. The molecule has 1 fully saturated rings. The minimum atomic E-state index is -1.04. The van der Waals surface area contributed by atoms with Gasteiger partial charge in [0.15, 0.2) is 6.04 Å². The molecule has 1 N–H and O–H groups in total. The molecule has 1 atom stereocenters. The van der Waals surface area contributed by atoms with Crippen molar-refractivity contribution in [3.05, 3.63) is 60.2 Å². The third-order valence-corrected chi connectivity index (χ3v) is 3.91. The first-order valence-corrected chi connectivity index (χ1v) is 7.44. The van der Waals surface area contributed by atoms with E-state index in [1.165, 1.54) is 4.90 Å². The number of carbonyl (C=O) groups is 2. The summed E-state index contributed by atoms with van der Waals surface area (Å²) in [7, 11) is 0. The highest BCUT2D eigenvalue weighted by Crippen LogP contribution is 2.20. The van der Waals surface area contributed by atoms with Gasteiger partial charge in [-0.2, -0.15) is 0 Å². The number of hydrogen-bond donors (Lipinski definition) is 1. The first-order valence-electron chi connectivity index (χ1n) is 7.44. The van der Waals surface area contributed by atoms with Gasteiger partial charge in [0.05, 0.1) is 13.2 Å². The lowest BCUT2D eigenvalue weighted by Crippen LogP contribution is -2.52. The summed E-state index contributed by atoms with van der Waals surface area (Å²) in [4.78, 5) is 25.2. The lowest BCUT2D eigenvalue weighted by Gasteiger charge is -2.32. The Labute approximate surface area is 134 Å². The van der Waals surface area contributed by atoms with Gasteiger partial charge in [0, 0.05) is 12.1 Å². The second-order valence-electron chi connectivity index (χ2n) is 5.37. The average Bonchev–Trinajstić information content (AvgIpc) is 2.62. The molecule has 118 valence electrons. The van der Waals surface area contributed by atoms with Crippen molar-refractivity contribution in [1.82, 2.24) is 4.90 Å². The molecule has 0 spiro atoms. The Balaban J connectivity index is 1.81. The lowest BCUT2D eigenvalue weighted by molar-refractivity contribution is -0.147. The Bertz CT molecular complexity index is 697. The van der Waals surface area contributed by atoms with Crippen molar-refractivity contribution in [1.29, 1.82) is 0 Å². The second-order valence-corrected chi connectivity index (χ2v) is 5.37. The first kappa shape index (κ1) is 15.2. The molecule has 1 heterocycles. The van der Waals surface area contributed by atoms with Crippen LogP contribution in [0, 0.1) is 0 Å². The van der Waals surface area contributed by atoms with E-state index < -0.39 is 12.0 Å². The summed E-state index contributed by atoms with van der Waals surface area (Å²) in [5.74, 6) is -1.32. The summed E-state index contributed by atoms with van der Waals surface area (Å²) < 4.78 is 5.16. The van der Waals surface area contributed by atoms with E-state index in [2.05, 4.69) is 0 Å². The van der Waals surface area contributed by atoms with Gasteiger partial charge < -0.3 is 14.7 Å². The molecular weight excluding hydrogens is 294 g/mol. The molecule has 0 unspecified atom stereocenters. The maximum atomic E-state index is 12.6. The van der Waals surface area contributed by atoms with E-state index in [9.17, 15) is 14.7 Å². The van der Waals surface area contributed by atoms with Crippen LogP contribution in [0.4, 0.5) is 0 Å². The molecular formula is C18H17NO4. The molecule has 1 aliphatic rings. The number of rotatable bonds is 3. The van der Waals surface area contributed by atoms with Gasteiger partial charge >= 0.3 is 5.97 Å². The van der Waals surface area contributed by atoms with Crippen molar-refractivity contribution in [2.24, 2.45) is 0 Å². The third kappa shape index (κ3) is 3.24. The maximum Gasteiger partial charge on any atom is 0.328 e. The minimum Gasteiger partial charge on any atom is -0.480 e. The van der Waals surface area contributed by atoms with Crippen molar-refractivity contribution >= 4 is 11.9 Å². The normalized spacial score (nSPS) is 17.7. The molecule has 1 saturated heterocycles. The molecule has 0 aromatic heterocycles. The largest absolute Gasteiger partial charge is 0.480 e. The van der Waals surface area contributed by atoms with Crippen molar-refractivity contribution in [2.75, 3.05) is 19.8 Å². The van der Waals surface area contributed by atoms with E-state index in [0.29, 0.717) is 12.2 Å². The number of amides is 1. The highest BCUT2D eigenvalue weighted by atomic mass is 16.5. The number of nitrogens with zero attached hydrogens (tertiary/aromatic N) is 1. The van der Waals surface area contributed by atoms with Gasteiger partial charge in [0.2, 0.25) is 0 Å².